The van der Waals surface area contributed by atoms with Crippen LogP contribution in [-0.2, 0) is 32.5 Å². The summed E-state index contributed by atoms with van der Waals surface area (Å²) in [6.07, 6.45) is 4.70. The molecule has 0 amide bonds. The van der Waals surface area contributed by atoms with E-state index >= 15 is 0 Å². The molecule has 0 radical (unpaired) electrons. The maximum Gasteiger partial charge on any atom is 0.297 e. The average molecular weight is 821 g/mol. The Hall–Kier alpha value is -4.70. The van der Waals surface area contributed by atoms with E-state index in [2.05, 4.69) is 199 Å². The highest BCUT2D eigenvalue weighted by molar-refractivity contribution is 7.00. The minimum atomic E-state index is -0.0898. The van der Waals surface area contributed by atoms with E-state index in [1.54, 1.807) is 0 Å². The van der Waals surface area contributed by atoms with Crippen molar-refractivity contribution in [1.82, 2.24) is 0 Å². The van der Waals surface area contributed by atoms with Gasteiger partial charge in [0.15, 0.2) is 0 Å². The Bertz CT molecular complexity index is 2870. The predicted octanol–water partition coefficient (Wildman–Crippen LogP) is 14.4. The maximum atomic E-state index is 7.58. The minimum absolute atomic E-state index is 0.0299. The van der Waals surface area contributed by atoms with E-state index in [1.807, 2.05) is 0 Å². The van der Waals surface area contributed by atoms with Crippen LogP contribution in [-0.4, -0.2) is 6.71 Å². The molecule has 0 fully saturated rings. The van der Waals surface area contributed by atoms with Crippen LogP contribution < -0.4 is 26.4 Å². The molecule has 0 spiro atoms. The average Bonchev–Trinajstić information content (AvgIpc) is 3.55. The lowest BCUT2D eigenvalue weighted by molar-refractivity contribution is 0.332. The third-order valence-corrected chi connectivity index (χ3v) is 16.0. The monoisotopic (exact) mass is 821 g/mol. The van der Waals surface area contributed by atoms with E-state index in [0.29, 0.717) is 0 Å². The van der Waals surface area contributed by atoms with Crippen molar-refractivity contribution in [1.29, 1.82) is 0 Å². The van der Waals surface area contributed by atoms with Gasteiger partial charge in [-0.05, 0) is 176 Å². The maximum absolute atomic E-state index is 7.58. The lowest BCUT2D eigenvalue weighted by Crippen LogP contribution is -2.61. The molecular weight excluding hydrogens is 751 g/mol. The second-order valence-electron chi connectivity index (χ2n) is 24.6. The molecule has 0 saturated carbocycles. The second-order valence-corrected chi connectivity index (χ2v) is 24.6. The van der Waals surface area contributed by atoms with Crippen LogP contribution in [0.15, 0.2) is 83.3 Å². The molecule has 0 saturated heterocycles. The van der Waals surface area contributed by atoms with E-state index in [4.69, 9.17) is 4.42 Å². The molecule has 0 bridgehead atoms. The van der Waals surface area contributed by atoms with Crippen LogP contribution in [0.3, 0.4) is 0 Å². The SMILES string of the molecule is Cc1cc2c3c(c1)N(c1ccc4c(c1)C(C)(C)CCC4(C)C)c1c(oc4cc5c(cc14)C(C)(C)CCC5(C)C)B3c1cc(C(C)(C)C)ccc1N2c1ccc(C(C)(C)C)cc1C. The van der Waals surface area contributed by atoms with E-state index in [1.165, 1.54) is 114 Å². The van der Waals surface area contributed by atoms with Crippen molar-refractivity contribution in [3.05, 3.63) is 123 Å². The van der Waals surface area contributed by atoms with Crippen molar-refractivity contribution < 1.29 is 4.42 Å². The normalized spacial score (nSPS) is 19.1. The Morgan fingerprint density at radius 1 is 0.516 bits per heavy atom. The first-order valence-electron chi connectivity index (χ1n) is 23.6. The second kappa shape index (κ2) is 13.0. The number of furan rings is 1. The quantitative estimate of drug-likeness (QED) is 0.162. The van der Waals surface area contributed by atoms with Crippen LogP contribution in [0.4, 0.5) is 34.1 Å². The van der Waals surface area contributed by atoms with Crippen molar-refractivity contribution in [2.45, 2.75) is 169 Å². The van der Waals surface area contributed by atoms with Crippen molar-refractivity contribution in [3.8, 4) is 0 Å². The summed E-state index contributed by atoms with van der Waals surface area (Å²) in [5.74, 6) is 0. The topological polar surface area (TPSA) is 19.6 Å². The van der Waals surface area contributed by atoms with Gasteiger partial charge in [-0.3, -0.25) is 0 Å². The summed E-state index contributed by atoms with van der Waals surface area (Å²) in [5, 5.41) is 1.22. The van der Waals surface area contributed by atoms with E-state index in [9.17, 15) is 0 Å². The fraction of sp³-hybridized carbons (Fsp3) is 0.448. The third-order valence-electron chi connectivity index (χ3n) is 16.0. The van der Waals surface area contributed by atoms with Crippen LogP contribution in [0.25, 0.3) is 11.0 Å². The molecule has 62 heavy (non-hydrogen) atoms. The van der Waals surface area contributed by atoms with Gasteiger partial charge in [-0.2, -0.15) is 0 Å². The molecule has 1 aromatic heterocycles. The smallest absolute Gasteiger partial charge is 0.297 e. The zero-order valence-electron chi connectivity index (χ0n) is 40.7. The summed E-state index contributed by atoms with van der Waals surface area (Å²) < 4.78 is 7.58. The molecule has 0 atom stereocenters. The molecule has 320 valence electrons. The van der Waals surface area contributed by atoms with Gasteiger partial charge in [0, 0.05) is 33.8 Å². The lowest BCUT2D eigenvalue weighted by Gasteiger charge is -2.45. The molecule has 6 aromatic rings. The van der Waals surface area contributed by atoms with Gasteiger partial charge in [0.25, 0.3) is 6.71 Å². The number of hydrogen-bond donors (Lipinski definition) is 0. The van der Waals surface area contributed by atoms with Crippen molar-refractivity contribution in [2.24, 2.45) is 0 Å². The Balaban J connectivity index is 1.34. The van der Waals surface area contributed by atoms with E-state index < -0.39 is 0 Å². The predicted molar refractivity (Wildman–Crippen MR) is 268 cm³/mol. The van der Waals surface area contributed by atoms with Gasteiger partial charge in [-0.1, -0.05) is 127 Å². The molecule has 2 aliphatic heterocycles. The molecule has 3 heterocycles. The zero-order valence-corrected chi connectivity index (χ0v) is 40.7. The number of hydrogen-bond acceptors (Lipinski definition) is 3. The van der Waals surface area contributed by atoms with E-state index in [-0.39, 0.29) is 39.2 Å². The Kier molecular flexibility index (Phi) is 8.63. The van der Waals surface area contributed by atoms with Crippen LogP contribution in [0.2, 0.25) is 0 Å². The van der Waals surface area contributed by atoms with Crippen LogP contribution in [0.1, 0.15) is 167 Å². The zero-order chi connectivity index (χ0) is 44.4. The molecule has 10 rings (SSSR count). The molecular formula is C58H69BN2O. The van der Waals surface area contributed by atoms with Gasteiger partial charge in [0.1, 0.15) is 5.58 Å². The number of fused-ring (bicyclic) bond motifs is 8. The highest BCUT2D eigenvalue weighted by Crippen LogP contribution is 2.54. The standard InChI is InChI=1S/C58H69BN2O/c1-34-27-47-50-48(28-34)61(45-21-17-36(29-35(45)2)53(3,4)5)46-22-18-37(54(6,7)8)30-44(46)59(50)52-51(39-32-42-43(33-49(39)62-52)58(15,16)26-25-57(42,13)14)60(47)38-19-20-40-41(31-38)56(11,12)24-23-55(40,9)10/h17-22,27-33H,23-26H2,1-16H3. The van der Waals surface area contributed by atoms with Crippen molar-refractivity contribution in [2.75, 3.05) is 9.80 Å². The van der Waals surface area contributed by atoms with Crippen LogP contribution in [0.5, 0.6) is 0 Å². The third kappa shape index (κ3) is 6.04. The number of aryl methyl sites for hydroxylation is 2. The molecule has 4 aliphatic rings. The summed E-state index contributed by atoms with van der Waals surface area (Å²) in [5.41, 5.74) is 23.5. The molecule has 0 unspecified atom stereocenters. The van der Waals surface area contributed by atoms with Crippen molar-refractivity contribution in [3.63, 3.8) is 0 Å². The first kappa shape index (κ1) is 41.3. The largest absolute Gasteiger partial charge is 0.468 e. The number of rotatable bonds is 2. The summed E-state index contributed by atoms with van der Waals surface area (Å²) in [6, 6.07) is 31.8. The first-order valence-corrected chi connectivity index (χ1v) is 23.6. The minimum Gasteiger partial charge on any atom is -0.468 e. The Labute approximate surface area is 373 Å². The van der Waals surface area contributed by atoms with Gasteiger partial charge >= 0.3 is 0 Å². The fourth-order valence-electron chi connectivity index (χ4n) is 11.8. The summed E-state index contributed by atoms with van der Waals surface area (Å²) >= 11 is 0. The summed E-state index contributed by atoms with van der Waals surface area (Å²) in [6.45, 7) is 38.0. The van der Waals surface area contributed by atoms with Gasteiger partial charge < -0.3 is 14.2 Å². The van der Waals surface area contributed by atoms with Crippen LogP contribution in [0, 0.1) is 13.8 Å². The fourth-order valence-corrected chi connectivity index (χ4v) is 11.8. The van der Waals surface area contributed by atoms with E-state index in [0.717, 1.165) is 17.7 Å². The summed E-state index contributed by atoms with van der Waals surface area (Å²) in [4.78, 5) is 5.21. The lowest BCUT2D eigenvalue weighted by atomic mass is 9.35. The Morgan fingerprint density at radius 3 is 1.61 bits per heavy atom. The molecule has 4 heteroatoms. The molecule has 3 nitrogen and oxygen atoms in total. The number of nitrogens with zero attached hydrogens (tertiary/aromatic N) is 2. The molecule has 2 aliphatic carbocycles. The highest BCUT2D eigenvalue weighted by Gasteiger charge is 2.49. The van der Waals surface area contributed by atoms with Crippen molar-refractivity contribution >= 4 is 68.4 Å². The molecule has 5 aromatic carbocycles. The van der Waals surface area contributed by atoms with Crippen LogP contribution >= 0.6 is 0 Å². The molecule has 0 N–H and O–H groups in total. The number of anilines is 6. The van der Waals surface area contributed by atoms with Gasteiger partial charge in [-0.25, -0.2) is 0 Å². The van der Waals surface area contributed by atoms with Gasteiger partial charge in [-0.15, -0.1) is 0 Å². The first-order chi connectivity index (χ1) is 28.8. The highest BCUT2D eigenvalue weighted by atomic mass is 16.3. The van der Waals surface area contributed by atoms with Gasteiger partial charge in [0.2, 0.25) is 0 Å². The number of benzene rings is 5. The van der Waals surface area contributed by atoms with Gasteiger partial charge in [0.05, 0.1) is 11.3 Å². The summed E-state index contributed by atoms with van der Waals surface area (Å²) in [7, 11) is 0. The Morgan fingerprint density at radius 2 is 1.03 bits per heavy atom.